The second-order valence-electron chi connectivity index (χ2n) is 7.35. The van der Waals surface area contributed by atoms with Gasteiger partial charge in [-0.3, -0.25) is 0 Å². The van der Waals surface area contributed by atoms with Crippen LogP contribution in [0.3, 0.4) is 0 Å². The Morgan fingerprint density at radius 1 is 1.07 bits per heavy atom. The van der Waals surface area contributed by atoms with Gasteiger partial charge in [0, 0.05) is 19.6 Å². The maximum absolute atomic E-state index is 12.7. The molecule has 2 aromatic carbocycles. The van der Waals surface area contributed by atoms with E-state index >= 15 is 0 Å². The standard InChI is InChI=1S/C22H26N2O4/c1-16(2)20(21(25)26)24-12-11-23(22(24)27)14-18-9-6-10-19(13-18)28-15-17-7-4-3-5-8-17/h3-10,13,16,20H,11-12,14-15H2,1-2H3,(H,25,26). The van der Waals surface area contributed by atoms with Gasteiger partial charge in [0.2, 0.25) is 0 Å². The molecule has 1 aliphatic rings. The van der Waals surface area contributed by atoms with E-state index in [1.54, 1.807) is 4.90 Å². The quantitative estimate of drug-likeness (QED) is 0.757. The molecule has 3 rings (SSSR count). The molecule has 1 aliphatic heterocycles. The summed E-state index contributed by atoms with van der Waals surface area (Å²) in [6.07, 6.45) is 0. The predicted molar refractivity (Wildman–Crippen MR) is 106 cm³/mol. The summed E-state index contributed by atoms with van der Waals surface area (Å²) < 4.78 is 5.85. The highest BCUT2D eigenvalue weighted by Crippen LogP contribution is 2.22. The lowest BCUT2D eigenvalue weighted by atomic mass is 10.0. The molecule has 0 radical (unpaired) electrons. The minimum absolute atomic E-state index is 0.142. The maximum atomic E-state index is 12.7. The van der Waals surface area contributed by atoms with Crippen LogP contribution in [0.15, 0.2) is 54.6 Å². The lowest BCUT2D eigenvalue weighted by Crippen LogP contribution is -2.46. The third-order valence-corrected chi connectivity index (χ3v) is 4.87. The fourth-order valence-electron chi connectivity index (χ4n) is 3.48. The Morgan fingerprint density at radius 2 is 1.79 bits per heavy atom. The van der Waals surface area contributed by atoms with E-state index in [4.69, 9.17) is 4.74 Å². The lowest BCUT2D eigenvalue weighted by Gasteiger charge is -2.27. The number of benzene rings is 2. The van der Waals surface area contributed by atoms with Crippen molar-refractivity contribution in [3.8, 4) is 5.75 Å². The number of carbonyl (C=O) groups excluding carboxylic acids is 1. The average Bonchev–Trinajstić information content (AvgIpc) is 3.01. The van der Waals surface area contributed by atoms with Gasteiger partial charge in [-0.15, -0.1) is 0 Å². The third kappa shape index (κ3) is 4.63. The number of hydrogen-bond donors (Lipinski definition) is 1. The summed E-state index contributed by atoms with van der Waals surface area (Å²) in [6, 6.07) is 16.6. The monoisotopic (exact) mass is 382 g/mol. The summed E-state index contributed by atoms with van der Waals surface area (Å²) in [6.45, 7) is 5.50. The number of nitrogens with zero attached hydrogens (tertiary/aromatic N) is 2. The van der Waals surface area contributed by atoms with Crippen LogP contribution in [0, 0.1) is 5.92 Å². The van der Waals surface area contributed by atoms with Crippen LogP contribution in [-0.2, 0) is 17.9 Å². The Kier molecular flexibility index (Phi) is 6.19. The zero-order valence-corrected chi connectivity index (χ0v) is 16.2. The van der Waals surface area contributed by atoms with Gasteiger partial charge in [0.1, 0.15) is 18.4 Å². The van der Waals surface area contributed by atoms with Gasteiger partial charge >= 0.3 is 12.0 Å². The van der Waals surface area contributed by atoms with Crippen molar-refractivity contribution in [2.75, 3.05) is 13.1 Å². The van der Waals surface area contributed by atoms with Crippen molar-refractivity contribution >= 4 is 12.0 Å². The first-order valence-corrected chi connectivity index (χ1v) is 9.49. The minimum Gasteiger partial charge on any atom is -0.489 e. The fraction of sp³-hybridized carbons (Fsp3) is 0.364. The molecule has 0 aromatic heterocycles. The SMILES string of the molecule is CC(C)C(C(=O)O)N1CCN(Cc2cccc(OCc3ccccc3)c2)C1=O. The van der Waals surface area contributed by atoms with Crippen LogP contribution in [0.4, 0.5) is 4.79 Å². The molecule has 148 valence electrons. The van der Waals surface area contributed by atoms with Crippen molar-refractivity contribution < 1.29 is 19.4 Å². The van der Waals surface area contributed by atoms with E-state index in [0.717, 1.165) is 16.9 Å². The molecule has 6 nitrogen and oxygen atoms in total. The van der Waals surface area contributed by atoms with Crippen LogP contribution in [0.1, 0.15) is 25.0 Å². The Balaban J connectivity index is 1.62. The molecule has 2 aromatic rings. The molecule has 0 saturated carbocycles. The Hall–Kier alpha value is -3.02. The van der Waals surface area contributed by atoms with Gasteiger partial charge < -0.3 is 19.6 Å². The van der Waals surface area contributed by atoms with E-state index < -0.39 is 12.0 Å². The number of aliphatic carboxylic acids is 1. The van der Waals surface area contributed by atoms with Crippen LogP contribution in [0.25, 0.3) is 0 Å². The first kappa shape index (κ1) is 19.7. The molecule has 0 aliphatic carbocycles. The summed E-state index contributed by atoms with van der Waals surface area (Å²) in [7, 11) is 0. The van der Waals surface area contributed by atoms with Gasteiger partial charge in [-0.2, -0.15) is 0 Å². The van der Waals surface area contributed by atoms with E-state index in [-0.39, 0.29) is 11.9 Å². The molecule has 6 heteroatoms. The second kappa shape index (κ2) is 8.78. The van der Waals surface area contributed by atoms with Crippen molar-refractivity contribution in [1.82, 2.24) is 9.80 Å². The highest BCUT2D eigenvalue weighted by atomic mass is 16.5. The largest absolute Gasteiger partial charge is 0.489 e. The molecule has 1 unspecified atom stereocenters. The zero-order chi connectivity index (χ0) is 20.1. The third-order valence-electron chi connectivity index (χ3n) is 4.87. The average molecular weight is 382 g/mol. The normalized spacial score (nSPS) is 15.2. The topological polar surface area (TPSA) is 70.1 Å². The smallest absolute Gasteiger partial charge is 0.326 e. The molecular formula is C22H26N2O4. The van der Waals surface area contributed by atoms with Gasteiger partial charge in [0.25, 0.3) is 0 Å². The van der Waals surface area contributed by atoms with Crippen LogP contribution < -0.4 is 4.74 Å². The first-order valence-electron chi connectivity index (χ1n) is 9.49. The van der Waals surface area contributed by atoms with Gasteiger partial charge in [-0.05, 0) is 29.2 Å². The highest BCUT2D eigenvalue weighted by molar-refractivity contribution is 5.84. The molecule has 0 spiro atoms. The number of rotatable bonds is 8. The maximum Gasteiger partial charge on any atom is 0.326 e. The van der Waals surface area contributed by atoms with Gasteiger partial charge in [0.05, 0.1) is 0 Å². The van der Waals surface area contributed by atoms with Crippen molar-refractivity contribution in [1.29, 1.82) is 0 Å². The molecule has 1 N–H and O–H groups in total. The number of urea groups is 1. The van der Waals surface area contributed by atoms with Crippen LogP contribution in [0.2, 0.25) is 0 Å². The molecule has 1 fully saturated rings. The summed E-state index contributed by atoms with van der Waals surface area (Å²) in [5.41, 5.74) is 2.05. The fourth-order valence-corrected chi connectivity index (χ4v) is 3.48. The van der Waals surface area contributed by atoms with Crippen molar-refractivity contribution in [3.05, 3.63) is 65.7 Å². The summed E-state index contributed by atoms with van der Waals surface area (Å²) in [5.74, 6) is -0.354. The second-order valence-corrected chi connectivity index (χ2v) is 7.35. The van der Waals surface area contributed by atoms with Crippen molar-refractivity contribution in [2.45, 2.75) is 33.0 Å². The molecule has 1 heterocycles. The predicted octanol–water partition coefficient (Wildman–Crippen LogP) is 3.61. The van der Waals surface area contributed by atoms with Crippen LogP contribution in [-0.4, -0.2) is 46.0 Å². The van der Waals surface area contributed by atoms with Gasteiger partial charge in [-0.1, -0.05) is 56.3 Å². The summed E-state index contributed by atoms with van der Waals surface area (Å²) in [5, 5.41) is 9.46. The minimum atomic E-state index is -0.957. The molecule has 0 bridgehead atoms. The van der Waals surface area contributed by atoms with E-state index in [1.165, 1.54) is 4.90 Å². The van der Waals surface area contributed by atoms with Gasteiger partial charge in [-0.25, -0.2) is 9.59 Å². The van der Waals surface area contributed by atoms with Crippen LogP contribution >= 0.6 is 0 Å². The Labute approximate surface area is 165 Å². The van der Waals surface area contributed by atoms with Crippen molar-refractivity contribution in [2.24, 2.45) is 5.92 Å². The lowest BCUT2D eigenvalue weighted by molar-refractivity contribution is -0.143. The Bertz CT molecular complexity index is 822. The Morgan fingerprint density at radius 3 is 2.46 bits per heavy atom. The number of hydrogen-bond acceptors (Lipinski definition) is 3. The van der Waals surface area contributed by atoms with Crippen molar-refractivity contribution in [3.63, 3.8) is 0 Å². The van der Waals surface area contributed by atoms with E-state index in [0.29, 0.717) is 26.2 Å². The molecular weight excluding hydrogens is 356 g/mol. The van der Waals surface area contributed by atoms with Gasteiger partial charge in [0.15, 0.2) is 0 Å². The molecule has 2 amide bonds. The van der Waals surface area contributed by atoms with E-state index in [2.05, 4.69) is 0 Å². The van der Waals surface area contributed by atoms with E-state index in [9.17, 15) is 14.7 Å². The number of carboxylic acids is 1. The first-order chi connectivity index (χ1) is 13.5. The molecule has 1 saturated heterocycles. The highest BCUT2D eigenvalue weighted by Gasteiger charge is 2.38. The number of carbonyl (C=O) groups is 2. The number of amides is 2. The van der Waals surface area contributed by atoms with Crippen LogP contribution in [0.5, 0.6) is 5.75 Å². The zero-order valence-electron chi connectivity index (χ0n) is 16.2. The summed E-state index contributed by atoms with van der Waals surface area (Å²) >= 11 is 0. The number of ether oxygens (including phenoxy) is 1. The molecule has 1 atom stereocenters. The number of carboxylic acid groups (broad SMARTS) is 1. The summed E-state index contributed by atoms with van der Waals surface area (Å²) in [4.78, 5) is 27.4. The molecule has 28 heavy (non-hydrogen) atoms. The van der Waals surface area contributed by atoms with E-state index in [1.807, 2.05) is 68.4 Å².